The van der Waals surface area contributed by atoms with Gasteiger partial charge in [0.25, 0.3) is 0 Å². The summed E-state index contributed by atoms with van der Waals surface area (Å²) in [7, 11) is 1.46. The zero-order valence-corrected chi connectivity index (χ0v) is 19.5. The number of benzene rings is 1. The smallest absolute Gasteiger partial charge is 0.223 e. The molecule has 1 N–H and O–H groups in total. The Balaban J connectivity index is 0. The van der Waals surface area contributed by atoms with Gasteiger partial charge in [0.2, 0.25) is 5.91 Å². The summed E-state index contributed by atoms with van der Waals surface area (Å²) in [5, 5.41) is 2.85. The lowest BCUT2D eigenvalue weighted by Gasteiger charge is -2.34. The summed E-state index contributed by atoms with van der Waals surface area (Å²) in [6.07, 6.45) is 1.52. The van der Waals surface area contributed by atoms with E-state index in [1.807, 2.05) is 41.5 Å². The number of halogens is 1. The highest BCUT2D eigenvalue weighted by atomic mass is 19.1. The van der Waals surface area contributed by atoms with Gasteiger partial charge in [0.15, 0.2) is 0 Å². The highest BCUT2D eigenvalue weighted by Crippen LogP contribution is 2.40. The number of allylic oxidation sites excluding steroid dienone is 1. The van der Waals surface area contributed by atoms with Crippen LogP contribution in [0.4, 0.5) is 4.39 Å². The number of carbonyl (C=O) groups is 2. The van der Waals surface area contributed by atoms with Crippen LogP contribution in [-0.2, 0) is 14.3 Å². The van der Waals surface area contributed by atoms with Crippen LogP contribution in [0.15, 0.2) is 36.6 Å². The number of hydrogen-bond acceptors (Lipinski definition) is 3. The number of ketones is 1. The van der Waals surface area contributed by atoms with Crippen molar-refractivity contribution < 1.29 is 18.7 Å². The summed E-state index contributed by atoms with van der Waals surface area (Å²) >= 11 is 0. The fourth-order valence-corrected chi connectivity index (χ4v) is 3.29. The van der Waals surface area contributed by atoms with Crippen molar-refractivity contribution in [2.24, 2.45) is 11.8 Å². The van der Waals surface area contributed by atoms with Gasteiger partial charge in [-0.3, -0.25) is 9.59 Å². The van der Waals surface area contributed by atoms with E-state index < -0.39 is 11.8 Å². The normalized spacial score (nSPS) is 16.7. The van der Waals surface area contributed by atoms with Crippen molar-refractivity contribution in [1.82, 2.24) is 5.32 Å². The molecule has 5 heteroatoms. The number of methoxy groups -OCH3 is 1. The van der Waals surface area contributed by atoms with Crippen LogP contribution >= 0.6 is 0 Å². The lowest BCUT2D eigenvalue weighted by molar-refractivity contribution is -0.129. The predicted octanol–water partition coefficient (Wildman–Crippen LogP) is 5.88. The Kier molecular flexibility index (Phi) is 16.8. The molecule has 2 rings (SSSR count). The fraction of sp³-hybridized carbons (Fsp3) is 0.583. The van der Waals surface area contributed by atoms with Crippen molar-refractivity contribution in [1.29, 1.82) is 0 Å². The van der Waals surface area contributed by atoms with Crippen LogP contribution in [0.3, 0.4) is 0 Å². The highest BCUT2D eigenvalue weighted by Gasteiger charge is 2.40. The largest absolute Gasteiger partial charge is 0.501 e. The van der Waals surface area contributed by atoms with E-state index in [1.165, 1.54) is 26.2 Å². The van der Waals surface area contributed by atoms with Crippen LogP contribution in [0.1, 0.15) is 72.8 Å². The fourth-order valence-electron chi connectivity index (χ4n) is 3.29. The lowest BCUT2D eigenvalue weighted by Crippen LogP contribution is -2.42. The summed E-state index contributed by atoms with van der Waals surface area (Å²) in [5.74, 6) is -1.66. The van der Waals surface area contributed by atoms with Gasteiger partial charge < -0.3 is 10.1 Å². The first kappa shape index (κ1) is 29.0. The van der Waals surface area contributed by atoms with Crippen molar-refractivity contribution in [2.75, 3.05) is 13.7 Å². The molecule has 166 valence electrons. The predicted molar refractivity (Wildman–Crippen MR) is 119 cm³/mol. The molecule has 4 nitrogen and oxygen atoms in total. The molecule has 29 heavy (non-hydrogen) atoms. The molecule has 1 saturated heterocycles. The van der Waals surface area contributed by atoms with Crippen LogP contribution in [0.25, 0.3) is 0 Å². The minimum atomic E-state index is -0.640. The molecule has 0 saturated carbocycles. The molecule has 0 aromatic heterocycles. The number of ether oxygens (including phenoxy) is 1. The van der Waals surface area contributed by atoms with E-state index >= 15 is 0 Å². The van der Waals surface area contributed by atoms with Gasteiger partial charge in [0.05, 0.1) is 18.8 Å². The molecule has 1 aliphatic rings. The Morgan fingerprint density at radius 3 is 2.07 bits per heavy atom. The monoisotopic (exact) mass is 409 g/mol. The average Bonchev–Trinajstić information content (AvgIpc) is 2.77. The van der Waals surface area contributed by atoms with Crippen molar-refractivity contribution >= 4 is 11.7 Å². The summed E-state index contributed by atoms with van der Waals surface area (Å²) in [4.78, 5) is 24.6. The zero-order chi connectivity index (χ0) is 23.0. The average molecular weight is 410 g/mol. The topological polar surface area (TPSA) is 55.4 Å². The quantitative estimate of drug-likeness (QED) is 0.597. The van der Waals surface area contributed by atoms with Crippen molar-refractivity contribution in [3.05, 3.63) is 48.0 Å². The summed E-state index contributed by atoms with van der Waals surface area (Å²) in [6, 6.07) is 5.94. The van der Waals surface area contributed by atoms with Crippen LogP contribution < -0.4 is 5.32 Å². The van der Waals surface area contributed by atoms with Gasteiger partial charge >= 0.3 is 0 Å². The van der Waals surface area contributed by atoms with Gasteiger partial charge in [-0.25, -0.2) is 4.39 Å². The van der Waals surface area contributed by atoms with E-state index in [2.05, 4.69) is 11.9 Å². The number of Topliss-reactive ketones (excluding diaryl/α,β-unsaturated/α-hetero) is 1. The maximum atomic E-state index is 13.3. The Labute approximate surface area is 176 Å². The van der Waals surface area contributed by atoms with Gasteiger partial charge in [-0.05, 0) is 37.5 Å². The summed E-state index contributed by atoms with van der Waals surface area (Å²) in [6.45, 7) is 17.9. The first-order chi connectivity index (χ1) is 14.0. The molecular weight excluding hydrogens is 369 g/mol. The molecule has 1 aromatic rings. The molecule has 0 aliphatic carbocycles. The molecule has 0 radical (unpaired) electrons. The van der Waals surface area contributed by atoms with Gasteiger partial charge in [-0.2, -0.15) is 0 Å². The van der Waals surface area contributed by atoms with E-state index in [1.54, 1.807) is 12.1 Å². The van der Waals surface area contributed by atoms with E-state index in [-0.39, 0.29) is 23.4 Å². The summed E-state index contributed by atoms with van der Waals surface area (Å²) in [5.41, 5.74) is 0.742. The second-order valence-corrected chi connectivity index (χ2v) is 5.88. The summed E-state index contributed by atoms with van der Waals surface area (Å²) < 4.78 is 18.5. The Morgan fingerprint density at radius 1 is 1.14 bits per heavy atom. The number of amides is 1. The Bertz CT molecular complexity index is 599. The molecule has 1 aliphatic heterocycles. The van der Waals surface area contributed by atoms with Crippen LogP contribution in [-0.4, -0.2) is 25.3 Å². The number of carbonyl (C=O) groups excluding carboxylic acids is 2. The number of piperidine rings is 1. The van der Waals surface area contributed by atoms with Crippen LogP contribution in [0.5, 0.6) is 0 Å². The van der Waals surface area contributed by atoms with E-state index in [9.17, 15) is 14.0 Å². The lowest BCUT2D eigenvalue weighted by atomic mass is 9.71. The van der Waals surface area contributed by atoms with Crippen molar-refractivity contribution in [3.8, 4) is 0 Å². The number of nitrogens with one attached hydrogen (secondary N) is 1. The SMILES string of the molecule is C=C(OC)C(C(C)=O)C(c1ccc(F)cc1)C1CCCNC1=O.CC.CC.CC. The van der Waals surface area contributed by atoms with Crippen LogP contribution in [0, 0.1) is 17.7 Å². The van der Waals surface area contributed by atoms with Crippen molar-refractivity contribution in [3.63, 3.8) is 0 Å². The minimum Gasteiger partial charge on any atom is -0.501 e. The molecule has 1 amide bonds. The molecule has 3 atom stereocenters. The Hall–Kier alpha value is -2.17. The molecule has 0 bridgehead atoms. The van der Waals surface area contributed by atoms with Gasteiger partial charge in [-0.15, -0.1) is 0 Å². The van der Waals surface area contributed by atoms with Gasteiger partial charge in [0.1, 0.15) is 11.6 Å². The van der Waals surface area contributed by atoms with E-state index in [0.29, 0.717) is 18.7 Å². The first-order valence-electron chi connectivity index (χ1n) is 10.7. The van der Waals surface area contributed by atoms with Gasteiger partial charge in [0, 0.05) is 18.4 Å². The first-order valence-corrected chi connectivity index (χ1v) is 10.7. The third-order valence-electron chi connectivity index (χ3n) is 4.42. The van der Waals surface area contributed by atoms with Gasteiger partial charge in [-0.1, -0.05) is 60.3 Å². The van der Waals surface area contributed by atoms with E-state index in [0.717, 1.165) is 12.0 Å². The Morgan fingerprint density at radius 2 is 1.66 bits per heavy atom. The molecule has 1 heterocycles. The number of hydrogen-bond donors (Lipinski definition) is 1. The highest BCUT2D eigenvalue weighted by molar-refractivity contribution is 5.85. The standard InChI is InChI=1S/C18H22FNO3.3C2H6/c1-11(21)16(12(2)23-3)17(13-6-8-14(19)9-7-13)15-5-4-10-20-18(15)22;3*1-2/h6-9,15-17H,2,4-5,10H2,1,3H3,(H,20,22);3*1-2H3. The maximum Gasteiger partial charge on any atom is 0.223 e. The molecule has 1 fully saturated rings. The third kappa shape index (κ3) is 8.80. The molecule has 0 spiro atoms. The molecule has 3 unspecified atom stereocenters. The molecular formula is C24H40FNO3. The second kappa shape index (κ2) is 16.8. The van der Waals surface area contributed by atoms with E-state index in [4.69, 9.17) is 4.74 Å². The van der Waals surface area contributed by atoms with Crippen LogP contribution in [0.2, 0.25) is 0 Å². The second-order valence-electron chi connectivity index (χ2n) is 5.88. The minimum absolute atomic E-state index is 0.0827. The molecule has 1 aromatic carbocycles. The third-order valence-corrected chi connectivity index (χ3v) is 4.42. The number of rotatable bonds is 6. The zero-order valence-electron chi connectivity index (χ0n) is 19.5. The van der Waals surface area contributed by atoms with Crippen molar-refractivity contribution in [2.45, 2.75) is 67.2 Å². The maximum absolute atomic E-state index is 13.3.